The van der Waals surface area contributed by atoms with Gasteiger partial charge in [-0.25, -0.2) is 27.9 Å². The number of aromatic nitrogens is 2. The molecule has 0 amide bonds. The Kier molecular flexibility index (Phi) is 6.34. The molecule has 0 saturated carbocycles. The second-order valence-corrected chi connectivity index (χ2v) is 8.62. The van der Waals surface area contributed by atoms with Crippen molar-refractivity contribution in [3.8, 4) is 0 Å². The number of carbonyl (C=O) groups excluding carboxylic acids is 1. The number of esters is 1. The second kappa shape index (κ2) is 8.34. The Hall–Kier alpha value is -3.01. The Balaban J connectivity index is 2.01. The minimum absolute atomic E-state index is 0.0144. The van der Waals surface area contributed by atoms with Gasteiger partial charge in [0.25, 0.3) is 10.0 Å². The molecule has 0 aliphatic rings. The lowest BCUT2D eigenvalue weighted by atomic mass is 10.1. The third kappa shape index (κ3) is 6.31. The molecule has 0 aliphatic heterocycles. The maximum absolute atomic E-state index is 12.4. The fraction of sp³-hybridized carbons (Fsp3) is 0.333. The van der Waals surface area contributed by atoms with E-state index in [0.717, 1.165) is 18.0 Å². The van der Waals surface area contributed by atoms with E-state index in [0.29, 0.717) is 6.42 Å². The van der Waals surface area contributed by atoms with E-state index in [4.69, 9.17) is 9.84 Å². The number of benzene rings is 1. The van der Waals surface area contributed by atoms with E-state index < -0.39 is 21.6 Å². The topological polar surface area (TPSA) is 136 Å². The highest BCUT2D eigenvalue weighted by molar-refractivity contribution is 7.92. The van der Waals surface area contributed by atoms with E-state index in [1.54, 1.807) is 32.9 Å². The molecule has 0 atom stereocenters. The molecule has 0 aliphatic carbocycles. The summed E-state index contributed by atoms with van der Waals surface area (Å²) in [7, 11) is -3.93. The fourth-order valence-electron chi connectivity index (χ4n) is 2.14. The van der Waals surface area contributed by atoms with Crippen LogP contribution in [0.4, 0.5) is 5.95 Å². The first kappa shape index (κ1) is 21.3. The molecule has 0 saturated heterocycles. The molecule has 150 valence electrons. The van der Waals surface area contributed by atoms with Gasteiger partial charge in [0.2, 0.25) is 5.95 Å². The summed E-state index contributed by atoms with van der Waals surface area (Å²) in [6.45, 7) is 5.36. The lowest BCUT2D eigenvalue weighted by Gasteiger charge is -2.19. The number of hydrogen-bond acceptors (Lipinski definition) is 7. The van der Waals surface area contributed by atoms with Gasteiger partial charge in [0.05, 0.1) is 10.5 Å². The van der Waals surface area contributed by atoms with E-state index in [1.165, 1.54) is 12.1 Å². The van der Waals surface area contributed by atoms with Crippen LogP contribution in [0.5, 0.6) is 0 Å². The van der Waals surface area contributed by atoms with Gasteiger partial charge in [-0.1, -0.05) is 12.1 Å². The normalized spacial score (nSPS) is 11.7. The minimum Gasteiger partial charge on any atom is -0.478 e. The van der Waals surface area contributed by atoms with E-state index in [9.17, 15) is 18.0 Å². The summed E-state index contributed by atoms with van der Waals surface area (Å²) in [4.78, 5) is 29.8. The summed E-state index contributed by atoms with van der Waals surface area (Å²) >= 11 is 0. The number of carboxylic acid groups (broad SMARTS) is 1. The van der Waals surface area contributed by atoms with Crippen LogP contribution in [-0.4, -0.2) is 41.0 Å². The highest BCUT2D eigenvalue weighted by atomic mass is 32.2. The van der Waals surface area contributed by atoms with Crippen LogP contribution in [0, 0.1) is 0 Å². The minimum atomic E-state index is -3.93. The Morgan fingerprint density at radius 1 is 1.11 bits per heavy atom. The predicted molar refractivity (Wildman–Crippen MR) is 100 cm³/mol. The molecule has 0 unspecified atom stereocenters. The molecule has 0 spiro atoms. The average Bonchev–Trinajstić information content (AvgIpc) is 2.59. The van der Waals surface area contributed by atoms with Crippen molar-refractivity contribution < 1.29 is 27.9 Å². The van der Waals surface area contributed by atoms with E-state index >= 15 is 0 Å². The smallest absolute Gasteiger partial charge is 0.338 e. The third-order valence-electron chi connectivity index (χ3n) is 3.40. The Morgan fingerprint density at radius 3 is 2.18 bits per heavy atom. The lowest BCUT2D eigenvalue weighted by Crippen LogP contribution is -2.24. The zero-order valence-electron chi connectivity index (χ0n) is 15.7. The first-order valence-corrected chi connectivity index (χ1v) is 9.83. The third-order valence-corrected chi connectivity index (χ3v) is 4.74. The molecule has 10 heteroatoms. The number of aromatic carboxylic acids is 1. The summed E-state index contributed by atoms with van der Waals surface area (Å²) in [6, 6.07) is 6.01. The van der Waals surface area contributed by atoms with E-state index in [2.05, 4.69) is 14.7 Å². The monoisotopic (exact) mass is 407 g/mol. The molecule has 2 aromatic rings. The molecular weight excluding hydrogens is 386 g/mol. The molecule has 2 N–H and O–H groups in total. The summed E-state index contributed by atoms with van der Waals surface area (Å²) in [6.07, 6.45) is 2.62. The van der Waals surface area contributed by atoms with Crippen LogP contribution in [0.15, 0.2) is 41.6 Å². The van der Waals surface area contributed by atoms with E-state index in [-0.39, 0.29) is 28.8 Å². The molecule has 1 aromatic heterocycles. The quantitative estimate of drug-likeness (QED) is 0.667. The Labute approximate surface area is 162 Å². The molecule has 0 fully saturated rings. The van der Waals surface area contributed by atoms with Gasteiger partial charge >= 0.3 is 11.9 Å². The van der Waals surface area contributed by atoms with Crippen LogP contribution in [0.3, 0.4) is 0 Å². The average molecular weight is 407 g/mol. The predicted octanol–water partition coefficient (Wildman–Crippen LogP) is 2.25. The molecule has 9 nitrogen and oxygen atoms in total. The fourth-order valence-corrected chi connectivity index (χ4v) is 3.10. The maximum Gasteiger partial charge on any atom is 0.338 e. The Bertz CT molecular complexity index is 948. The number of carbonyl (C=O) groups is 2. The highest BCUT2D eigenvalue weighted by Crippen LogP contribution is 2.16. The zero-order chi connectivity index (χ0) is 20.9. The van der Waals surface area contributed by atoms with Crippen LogP contribution in [-0.2, 0) is 26.0 Å². The first-order chi connectivity index (χ1) is 13.0. The number of nitrogens with zero attached hydrogens (tertiary/aromatic N) is 2. The number of carboxylic acids is 1. The van der Waals surface area contributed by atoms with Crippen LogP contribution < -0.4 is 4.72 Å². The number of aryl methyl sites for hydroxylation is 1. The van der Waals surface area contributed by atoms with Crippen molar-refractivity contribution in [1.29, 1.82) is 0 Å². The first-order valence-electron chi connectivity index (χ1n) is 8.35. The molecular formula is C18H21N3O6S. The van der Waals surface area contributed by atoms with E-state index in [1.807, 2.05) is 0 Å². The van der Waals surface area contributed by atoms with Crippen molar-refractivity contribution in [2.24, 2.45) is 0 Å². The van der Waals surface area contributed by atoms with Crippen LogP contribution in [0.1, 0.15) is 43.1 Å². The molecule has 0 radical (unpaired) electrons. The standard InChI is InChI=1S/C18H21N3O6S/c1-18(2,3)27-15(22)9-6-12-4-7-14(8-5-12)28(25,26)21-17-19-10-13(11-20-17)16(23)24/h4-5,7-8,10-11H,6,9H2,1-3H3,(H,23,24)(H,19,20,21). The van der Waals surface area contributed by atoms with Crippen molar-refractivity contribution in [3.63, 3.8) is 0 Å². The van der Waals surface area contributed by atoms with Gasteiger partial charge in [0.1, 0.15) is 5.60 Å². The maximum atomic E-state index is 12.4. The summed E-state index contributed by atoms with van der Waals surface area (Å²) in [5, 5.41) is 8.80. The number of sulfonamides is 1. The summed E-state index contributed by atoms with van der Waals surface area (Å²) < 4.78 is 32.2. The van der Waals surface area contributed by atoms with Crippen molar-refractivity contribution in [2.45, 2.75) is 44.1 Å². The largest absolute Gasteiger partial charge is 0.478 e. The SMILES string of the molecule is CC(C)(C)OC(=O)CCc1ccc(S(=O)(=O)Nc2ncc(C(=O)O)cn2)cc1. The van der Waals surface area contributed by atoms with Crippen molar-refractivity contribution in [1.82, 2.24) is 9.97 Å². The van der Waals surface area contributed by atoms with Crippen LogP contribution in [0.2, 0.25) is 0 Å². The van der Waals surface area contributed by atoms with Gasteiger partial charge in [0, 0.05) is 18.8 Å². The van der Waals surface area contributed by atoms with Gasteiger partial charge in [-0.05, 0) is 44.9 Å². The van der Waals surface area contributed by atoms with Gasteiger partial charge in [-0.3, -0.25) is 4.79 Å². The number of ether oxygens (including phenoxy) is 1. The van der Waals surface area contributed by atoms with Crippen LogP contribution in [0.25, 0.3) is 0 Å². The van der Waals surface area contributed by atoms with Gasteiger partial charge < -0.3 is 9.84 Å². The van der Waals surface area contributed by atoms with Crippen molar-refractivity contribution >= 4 is 27.9 Å². The summed E-state index contributed by atoms with van der Waals surface area (Å²) in [5.41, 5.74) is 0.0787. The molecule has 1 heterocycles. The van der Waals surface area contributed by atoms with Crippen molar-refractivity contribution in [3.05, 3.63) is 47.8 Å². The molecule has 1 aromatic carbocycles. The Morgan fingerprint density at radius 2 is 1.68 bits per heavy atom. The number of rotatable bonds is 7. The van der Waals surface area contributed by atoms with Crippen molar-refractivity contribution in [2.75, 3.05) is 4.72 Å². The molecule has 0 bridgehead atoms. The molecule has 28 heavy (non-hydrogen) atoms. The second-order valence-electron chi connectivity index (χ2n) is 6.94. The molecule has 2 rings (SSSR count). The number of nitrogens with one attached hydrogen (secondary N) is 1. The summed E-state index contributed by atoms with van der Waals surface area (Å²) in [5.74, 6) is -1.77. The van der Waals surface area contributed by atoms with Gasteiger partial charge in [-0.2, -0.15) is 0 Å². The number of hydrogen-bond donors (Lipinski definition) is 2. The number of anilines is 1. The van der Waals surface area contributed by atoms with Crippen LogP contribution >= 0.6 is 0 Å². The lowest BCUT2D eigenvalue weighted by molar-refractivity contribution is -0.154. The van der Waals surface area contributed by atoms with Gasteiger partial charge in [-0.15, -0.1) is 0 Å². The highest BCUT2D eigenvalue weighted by Gasteiger charge is 2.18. The van der Waals surface area contributed by atoms with Gasteiger partial charge in [0.15, 0.2) is 0 Å². The zero-order valence-corrected chi connectivity index (χ0v) is 16.5.